The number of carbonyl (C=O) groups is 1. The van der Waals surface area contributed by atoms with Gasteiger partial charge in [0.1, 0.15) is 0 Å². The summed E-state index contributed by atoms with van der Waals surface area (Å²) < 4.78 is 0. The predicted octanol–water partition coefficient (Wildman–Crippen LogP) is 4.56. The average molecular weight is 317 g/mol. The number of ketones is 1. The summed E-state index contributed by atoms with van der Waals surface area (Å²) in [5, 5.41) is 11.2. The summed E-state index contributed by atoms with van der Waals surface area (Å²) in [5.41, 5.74) is 3.44. The van der Waals surface area contributed by atoms with E-state index in [1.54, 1.807) is 0 Å². The minimum atomic E-state index is -0.368. The topological polar surface area (TPSA) is 37.3 Å². The van der Waals surface area contributed by atoms with E-state index in [1.807, 2.05) is 37.3 Å². The van der Waals surface area contributed by atoms with E-state index in [0.717, 1.165) is 41.5 Å². The maximum absolute atomic E-state index is 12.7. The summed E-state index contributed by atoms with van der Waals surface area (Å²) in [7, 11) is 0. The first kappa shape index (κ1) is 15.5. The van der Waals surface area contributed by atoms with Crippen LogP contribution in [0.2, 0.25) is 5.02 Å². The van der Waals surface area contributed by atoms with E-state index in [0.29, 0.717) is 11.4 Å². The molecule has 1 N–H and O–H groups in total. The molecule has 0 amide bonds. The number of hydrogen-bond acceptors (Lipinski definition) is 2. The molecule has 2 aliphatic rings. The highest BCUT2D eigenvalue weighted by molar-refractivity contribution is 6.30. The Bertz CT molecular complexity index is 669. The van der Waals surface area contributed by atoms with Crippen LogP contribution >= 0.6 is 11.6 Å². The molecule has 0 heterocycles. The molecule has 22 heavy (non-hydrogen) atoms. The van der Waals surface area contributed by atoms with Crippen molar-refractivity contribution in [1.29, 1.82) is 0 Å². The summed E-state index contributed by atoms with van der Waals surface area (Å²) in [6.45, 7) is 4.00. The molecule has 0 aliphatic heterocycles. The molecule has 116 valence electrons. The molecule has 1 aromatic rings. The molecule has 0 bridgehead atoms. The van der Waals surface area contributed by atoms with E-state index < -0.39 is 0 Å². The van der Waals surface area contributed by atoms with Crippen molar-refractivity contribution >= 4 is 23.5 Å². The third kappa shape index (κ3) is 2.55. The lowest BCUT2D eigenvalue weighted by atomic mass is 9.61. The Labute approximate surface area is 136 Å². The van der Waals surface area contributed by atoms with Crippen molar-refractivity contribution in [2.24, 2.45) is 5.41 Å². The fourth-order valence-electron chi connectivity index (χ4n) is 3.85. The third-order valence-electron chi connectivity index (χ3n) is 5.18. The highest BCUT2D eigenvalue weighted by Gasteiger charge is 2.45. The van der Waals surface area contributed by atoms with Crippen LogP contribution < -0.4 is 0 Å². The van der Waals surface area contributed by atoms with E-state index >= 15 is 0 Å². The van der Waals surface area contributed by atoms with Crippen molar-refractivity contribution in [3.8, 4) is 0 Å². The Hall–Kier alpha value is -1.38. The van der Waals surface area contributed by atoms with Gasteiger partial charge in [-0.1, -0.05) is 36.2 Å². The van der Waals surface area contributed by atoms with Gasteiger partial charge in [0.2, 0.25) is 0 Å². The second-order valence-corrected chi connectivity index (χ2v) is 7.09. The number of rotatable bonds is 1. The Kier molecular flexibility index (Phi) is 4.00. The van der Waals surface area contributed by atoms with Crippen molar-refractivity contribution in [1.82, 2.24) is 0 Å². The molecular weight excluding hydrogens is 296 g/mol. The lowest BCUT2D eigenvalue weighted by molar-refractivity contribution is -0.113. The van der Waals surface area contributed by atoms with Gasteiger partial charge in [-0.25, -0.2) is 0 Å². The summed E-state index contributed by atoms with van der Waals surface area (Å²) in [5.74, 6) is 0.122. The van der Waals surface area contributed by atoms with Crippen LogP contribution in [0.5, 0.6) is 0 Å². The quantitative estimate of drug-likeness (QED) is 0.771. The van der Waals surface area contributed by atoms with Crippen LogP contribution in [0, 0.1) is 5.41 Å². The summed E-state index contributed by atoms with van der Waals surface area (Å²) >= 11 is 5.91. The lowest BCUT2D eigenvalue weighted by Crippen LogP contribution is -2.42. The first-order chi connectivity index (χ1) is 10.4. The molecular formula is C19H21ClO2. The van der Waals surface area contributed by atoms with Crippen LogP contribution in [0.25, 0.3) is 6.08 Å². The normalized spacial score (nSPS) is 30.6. The Morgan fingerprint density at radius 1 is 1.32 bits per heavy atom. The van der Waals surface area contributed by atoms with E-state index in [-0.39, 0.29) is 17.3 Å². The molecule has 0 unspecified atom stereocenters. The smallest absolute Gasteiger partial charge is 0.184 e. The molecule has 1 saturated carbocycles. The zero-order chi connectivity index (χ0) is 15.9. The van der Waals surface area contributed by atoms with Gasteiger partial charge in [-0.05, 0) is 62.0 Å². The summed E-state index contributed by atoms with van der Waals surface area (Å²) in [6, 6.07) is 7.48. The van der Waals surface area contributed by atoms with Gasteiger partial charge in [0, 0.05) is 16.0 Å². The van der Waals surface area contributed by atoms with Gasteiger partial charge in [-0.2, -0.15) is 0 Å². The second-order valence-electron chi connectivity index (χ2n) is 6.66. The minimum Gasteiger partial charge on any atom is -0.392 e. The number of carbonyl (C=O) groups excluding carboxylic acids is 1. The van der Waals surface area contributed by atoms with Gasteiger partial charge in [0.05, 0.1) is 6.10 Å². The first-order valence-electron chi connectivity index (χ1n) is 7.81. The zero-order valence-electron chi connectivity index (χ0n) is 13.0. The van der Waals surface area contributed by atoms with Crippen LogP contribution in [-0.4, -0.2) is 17.0 Å². The fourth-order valence-corrected chi connectivity index (χ4v) is 3.97. The SMILES string of the molecule is CC1=C2CCC[C@H](O)[C@@]2(C)CC(=Cc2ccc(Cl)cc2)C1=O. The van der Waals surface area contributed by atoms with Crippen molar-refractivity contribution in [3.63, 3.8) is 0 Å². The molecule has 0 saturated heterocycles. The number of Topliss-reactive ketones (excluding diaryl/α,β-unsaturated/α-hetero) is 1. The molecule has 3 rings (SSSR count). The zero-order valence-corrected chi connectivity index (χ0v) is 13.8. The third-order valence-corrected chi connectivity index (χ3v) is 5.43. The molecule has 0 aromatic heterocycles. The largest absolute Gasteiger partial charge is 0.392 e. The van der Waals surface area contributed by atoms with Crippen LogP contribution in [0.15, 0.2) is 41.0 Å². The first-order valence-corrected chi connectivity index (χ1v) is 8.19. The molecule has 0 spiro atoms. The number of fused-ring (bicyclic) bond motifs is 1. The molecule has 2 atom stereocenters. The van der Waals surface area contributed by atoms with Crippen molar-refractivity contribution in [2.45, 2.75) is 45.6 Å². The van der Waals surface area contributed by atoms with E-state index in [4.69, 9.17) is 11.6 Å². The highest BCUT2D eigenvalue weighted by Crippen LogP contribution is 2.50. The van der Waals surface area contributed by atoms with Gasteiger partial charge in [0.25, 0.3) is 0 Å². The van der Waals surface area contributed by atoms with Crippen LogP contribution in [-0.2, 0) is 4.79 Å². The van der Waals surface area contributed by atoms with E-state index in [9.17, 15) is 9.90 Å². The van der Waals surface area contributed by atoms with Crippen LogP contribution in [0.4, 0.5) is 0 Å². The average Bonchev–Trinajstić information content (AvgIpc) is 2.49. The number of hydrogen-bond donors (Lipinski definition) is 1. The standard InChI is InChI=1S/C19H21ClO2/c1-12-16-4-3-5-17(21)19(16,2)11-14(18(12)22)10-13-6-8-15(20)9-7-13/h6-10,17,21H,3-5,11H2,1-2H3/t17-,19-/m0/s1. The molecule has 1 fully saturated rings. The molecule has 0 radical (unpaired) electrons. The maximum Gasteiger partial charge on any atom is 0.184 e. The second kappa shape index (κ2) is 5.68. The van der Waals surface area contributed by atoms with Crippen molar-refractivity contribution < 1.29 is 9.90 Å². The van der Waals surface area contributed by atoms with Gasteiger partial charge in [0.15, 0.2) is 5.78 Å². The molecule has 2 aliphatic carbocycles. The van der Waals surface area contributed by atoms with Crippen molar-refractivity contribution in [2.75, 3.05) is 0 Å². The van der Waals surface area contributed by atoms with E-state index in [1.165, 1.54) is 0 Å². The number of benzene rings is 1. The number of aliphatic hydroxyl groups excluding tert-OH is 1. The Morgan fingerprint density at radius 2 is 2.00 bits per heavy atom. The molecule has 1 aromatic carbocycles. The van der Waals surface area contributed by atoms with Crippen LogP contribution in [0.3, 0.4) is 0 Å². The summed E-state index contributed by atoms with van der Waals surface area (Å²) in [6.07, 6.45) is 4.89. The Balaban J connectivity index is 2.03. The summed E-state index contributed by atoms with van der Waals surface area (Å²) in [4.78, 5) is 12.7. The van der Waals surface area contributed by atoms with Gasteiger partial charge >= 0.3 is 0 Å². The highest BCUT2D eigenvalue weighted by atomic mass is 35.5. The Morgan fingerprint density at radius 3 is 2.68 bits per heavy atom. The molecule has 3 heteroatoms. The van der Waals surface area contributed by atoms with Gasteiger partial charge in [-0.3, -0.25) is 4.79 Å². The fraction of sp³-hybridized carbons (Fsp3) is 0.421. The van der Waals surface area contributed by atoms with Crippen molar-refractivity contribution in [3.05, 3.63) is 51.6 Å². The predicted molar refractivity (Wildman–Crippen MR) is 89.7 cm³/mol. The maximum atomic E-state index is 12.7. The number of halogens is 1. The van der Waals surface area contributed by atoms with Gasteiger partial charge < -0.3 is 5.11 Å². The lowest BCUT2D eigenvalue weighted by Gasteiger charge is -2.45. The van der Waals surface area contributed by atoms with Gasteiger partial charge in [-0.15, -0.1) is 0 Å². The number of aliphatic hydroxyl groups is 1. The van der Waals surface area contributed by atoms with E-state index in [2.05, 4.69) is 6.92 Å². The molecule has 2 nitrogen and oxygen atoms in total. The number of allylic oxidation sites excluding steroid dienone is 2. The minimum absolute atomic E-state index is 0.122. The van der Waals surface area contributed by atoms with Crippen LogP contribution in [0.1, 0.15) is 45.1 Å². The monoisotopic (exact) mass is 316 g/mol.